The number of hydrogen-bond acceptors (Lipinski definition) is 4. The zero-order valence-electron chi connectivity index (χ0n) is 17.6. The molecule has 2 N–H and O–H groups in total. The van der Waals surface area contributed by atoms with Crippen molar-refractivity contribution < 1.29 is 24.5 Å². The normalized spacial score (nSPS) is 13.8. The molecular formula is C27H24O5. The number of fused-ring (bicyclic) bond motifs is 1. The molecule has 2 unspecified atom stereocenters. The zero-order valence-corrected chi connectivity index (χ0v) is 17.6. The van der Waals surface area contributed by atoms with Crippen LogP contribution in [-0.2, 0) is 11.4 Å². The molecule has 0 spiro atoms. The van der Waals surface area contributed by atoms with E-state index in [4.69, 9.17) is 9.47 Å². The summed E-state index contributed by atoms with van der Waals surface area (Å²) in [5, 5.41) is 22.7. The van der Waals surface area contributed by atoms with Gasteiger partial charge in [-0.25, -0.2) is 4.79 Å². The van der Waals surface area contributed by atoms with Crippen molar-refractivity contribution in [1.82, 2.24) is 0 Å². The van der Waals surface area contributed by atoms with Crippen molar-refractivity contribution in [2.75, 3.05) is 0 Å². The van der Waals surface area contributed by atoms with Crippen molar-refractivity contribution in [3.8, 4) is 11.5 Å². The van der Waals surface area contributed by atoms with Crippen LogP contribution in [0.4, 0.5) is 0 Å². The number of aliphatic hydroxyl groups is 1. The Morgan fingerprint density at radius 2 is 1.44 bits per heavy atom. The molecule has 0 aromatic heterocycles. The highest BCUT2D eigenvalue weighted by atomic mass is 16.5. The Morgan fingerprint density at radius 3 is 2.09 bits per heavy atom. The summed E-state index contributed by atoms with van der Waals surface area (Å²) in [7, 11) is 0. The third kappa shape index (κ3) is 4.29. The van der Waals surface area contributed by atoms with Crippen molar-refractivity contribution >= 4 is 16.7 Å². The van der Waals surface area contributed by atoms with Crippen LogP contribution < -0.4 is 9.47 Å². The first-order valence-electron chi connectivity index (χ1n) is 10.3. The Hall–Kier alpha value is -3.83. The van der Waals surface area contributed by atoms with Gasteiger partial charge in [-0.05, 0) is 41.6 Å². The van der Waals surface area contributed by atoms with Gasteiger partial charge in [0.25, 0.3) is 0 Å². The lowest BCUT2D eigenvalue weighted by Crippen LogP contribution is -2.47. The van der Waals surface area contributed by atoms with Gasteiger partial charge in [0.2, 0.25) is 5.60 Å². The Labute approximate surface area is 186 Å². The molecule has 162 valence electrons. The summed E-state index contributed by atoms with van der Waals surface area (Å²) in [5.74, 6) is -0.243. The molecular weight excluding hydrogens is 404 g/mol. The third-order valence-corrected chi connectivity index (χ3v) is 5.47. The maximum Gasteiger partial charge on any atom is 0.350 e. The molecule has 4 aromatic carbocycles. The topological polar surface area (TPSA) is 76.0 Å². The first-order chi connectivity index (χ1) is 15.5. The molecule has 5 heteroatoms. The summed E-state index contributed by atoms with van der Waals surface area (Å²) in [6.45, 7) is 1.78. The van der Waals surface area contributed by atoms with E-state index in [1.54, 1.807) is 36.4 Å². The molecule has 0 fully saturated rings. The minimum atomic E-state index is -1.89. The maximum absolute atomic E-state index is 12.2. The van der Waals surface area contributed by atoms with Gasteiger partial charge >= 0.3 is 5.97 Å². The molecule has 2 atom stereocenters. The predicted octanol–water partition coefficient (Wildman–Crippen LogP) is 5.37. The Kier molecular flexibility index (Phi) is 6.10. The molecule has 0 saturated carbocycles. The van der Waals surface area contributed by atoms with Gasteiger partial charge in [0.05, 0.1) is 0 Å². The number of benzene rings is 4. The van der Waals surface area contributed by atoms with Crippen LogP contribution >= 0.6 is 0 Å². The average molecular weight is 428 g/mol. The van der Waals surface area contributed by atoms with Gasteiger partial charge in [-0.1, -0.05) is 78.9 Å². The molecule has 0 bridgehead atoms. The predicted molar refractivity (Wildman–Crippen MR) is 123 cm³/mol. The van der Waals surface area contributed by atoms with Crippen molar-refractivity contribution in [1.29, 1.82) is 0 Å². The summed E-state index contributed by atoms with van der Waals surface area (Å²) in [6.07, 6.45) is -1.42. The largest absolute Gasteiger partial charge is 0.488 e. The summed E-state index contributed by atoms with van der Waals surface area (Å²) in [5.41, 5.74) is -0.403. The van der Waals surface area contributed by atoms with Gasteiger partial charge in [0.1, 0.15) is 24.2 Å². The first-order valence-corrected chi connectivity index (χ1v) is 10.3. The zero-order chi connectivity index (χ0) is 22.6. The van der Waals surface area contributed by atoms with Crippen LogP contribution in [0, 0.1) is 0 Å². The van der Waals surface area contributed by atoms with E-state index in [-0.39, 0.29) is 0 Å². The lowest BCUT2D eigenvalue weighted by molar-refractivity contribution is -0.164. The summed E-state index contributed by atoms with van der Waals surface area (Å²) in [4.78, 5) is 12.2. The highest BCUT2D eigenvalue weighted by Crippen LogP contribution is 2.38. The van der Waals surface area contributed by atoms with E-state index >= 15 is 0 Å². The lowest BCUT2D eigenvalue weighted by Gasteiger charge is -2.32. The Bertz CT molecular complexity index is 1210. The molecule has 0 aliphatic rings. The van der Waals surface area contributed by atoms with Gasteiger partial charge in [-0.2, -0.15) is 0 Å². The van der Waals surface area contributed by atoms with Gasteiger partial charge in [0.15, 0.2) is 0 Å². The van der Waals surface area contributed by atoms with E-state index in [9.17, 15) is 15.0 Å². The standard InChI is InChI=1S/C27H24O5/c1-27(26(29)30,32-20-12-6-3-7-13-20)25(28)23-16-17-24(22-15-9-8-14-21(22)23)31-18-19-10-4-2-5-11-19/h2-17,25,28H,18H2,1H3,(H,29,30). The minimum absolute atomic E-state index is 0.364. The van der Waals surface area contributed by atoms with Crippen molar-refractivity contribution in [3.63, 3.8) is 0 Å². The van der Waals surface area contributed by atoms with Crippen LogP contribution in [0.15, 0.2) is 97.1 Å². The van der Waals surface area contributed by atoms with Crippen molar-refractivity contribution in [3.05, 3.63) is 108 Å². The second-order valence-corrected chi connectivity index (χ2v) is 7.70. The Morgan fingerprint density at radius 1 is 0.844 bits per heavy atom. The van der Waals surface area contributed by atoms with E-state index in [2.05, 4.69) is 0 Å². The number of carboxylic acid groups (broad SMARTS) is 1. The fourth-order valence-electron chi connectivity index (χ4n) is 3.64. The average Bonchev–Trinajstić information content (AvgIpc) is 2.83. The van der Waals surface area contributed by atoms with Crippen molar-refractivity contribution in [2.45, 2.75) is 25.2 Å². The van der Waals surface area contributed by atoms with Crippen LogP contribution in [0.1, 0.15) is 24.2 Å². The fraction of sp³-hybridized carbons (Fsp3) is 0.148. The summed E-state index contributed by atoms with van der Waals surface area (Å²) in [6, 6.07) is 29.4. The second kappa shape index (κ2) is 9.12. The van der Waals surface area contributed by atoms with E-state index < -0.39 is 17.7 Å². The van der Waals surface area contributed by atoms with E-state index in [0.717, 1.165) is 10.9 Å². The van der Waals surface area contributed by atoms with Gasteiger partial charge in [0, 0.05) is 5.39 Å². The number of carboxylic acids is 1. The van der Waals surface area contributed by atoms with E-state index in [0.29, 0.717) is 29.1 Å². The van der Waals surface area contributed by atoms with Crippen LogP contribution in [0.3, 0.4) is 0 Å². The first kappa shape index (κ1) is 21.4. The highest BCUT2D eigenvalue weighted by molar-refractivity contribution is 5.92. The molecule has 0 radical (unpaired) electrons. The molecule has 5 nitrogen and oxygen atoms in total. The number of rotatable bonds is 8. The van der Waals surface area contributed by atoms with Crippen molar-refractivity contribution in [2.24, 2.45) is 0 Å². The molecule has 0 aliphatic heterocycles. The van der Waals surface area contributed by atoms with Crippen LogP contribution in [0.2, 0.25) is 0 Å². The number of aliphatic hydroxyl groups excluding tert-OH is 1. The molecule has 32 heavy (non-hydrogen) atoms. The molecule has 0 saturated heterocycles. The van der Waals surface area contributed by atoms with Crippen LogP contribution in [0.25, 0.3) is 10.8 Å². The van der Waals surface area contributed by atoms with E-state index in [1.807, 2.05) is 60.7 Å². The third-order valence-electron chi connectivity index (χ3n) is 5.47. The van der Waals surface area contributed by atoms with E-state index in [1.165, 1.54) is 6.92 Å². The molecule has 4 aromatic rings. The number of ether oxygens (including phenoxy) is 2. The molecule has 0 heterocycles. The van der Waals surface area contributed by atoms with Crippen LogP contribution in [-0.4, -0.2) is 21.8 Å². The fourth-order valence-corrected chi connectivity index (χ4v) is 3.64. The SMILES string of the molecule is CC(Oc1ccccc1)(C(=O)O)C(O)c1ccc(OCc2ccccc2)c2ccccc12. The molecule has 4 rings (SSSR count). The maximum atomic E-state index is 12.2. The number of carbonyl (C=O) groups is 1. The summed E-state index contributed by atoms with van der Waals surface area (Å²) >= 11 is 0. The number of para-hydroxylation sites is 1. The number of aliphatic carboxylic acids is 1. The second-order valence-electron chi connectivity index (χ2n) is 7.70. The molecule has 0 amide bonds. The van der Waals surface area contributed by atoms with Crippen LogP contribution in [0.5, 0.6) is 11.5 Å². The molecule has 0 aliphatic carbocycles. The minimum Gasteiger partial charge on any atom is -0.488 e. The quantitative estimate of drug-likeness (QED) is 0.394. The summed E-state index contributed by atoms with van der Waals surface area (Å²) < 4.78 is 11.8. The Balaban J connectivity index is 1.69. The van der Waals surface area contributed by atoms with Gasteiger partial charge < -0.3 is 19.7 Å². The smallest absolute Gasteiger partial charge is 0.350 e. The lowest BCUT2D eigenvalue weighted by atomic mass is 9.89. The van der Waals surface area contributed by atoms with Gasteiger partial charge in [-0.15, -0.1) is 0 Å². The van der Waals surface area contributed by atoms with Gasteiger partial charge in [-0.3, -0.25) is 0 Å². The highest BCUT2D eigenvalue weighted by Gasteiger charge is 2.45. The monoisotopic (exact) mass is 428 g/mol. The number of hydrogen-bond donors (Lipinski definition) is 2.